The minimum absolute atomic E-state index is 0.0931. The first-order valence-corrected chi connectivity index (χ1v) is 14.6. The molecule has 0 radical (unpaired) electrons. The fourth-order valence-corrected chi connectivity index (χ4v) is 5.28. The van der Waals surface area contributed by atoms with Crippen LogP contribution in [0, 0.1) is 6.92 Å². The van der Waals surface area contributed by atoms with Crippen LogP contribution in [0.1, 0.15) is 28.5 Å². The molecule has 0 bridgehead atoms. The summed E-state index contributed by atoms with van der Waals surface area (Å²) in [7, 11) is 1.65. The van der Waals surface area contributed by atoms with Gasteiger partial charge in [0, 0.05) is 34.8 Å². The number of ether oxygens (including phenoxy) is 1. The van der Waals surface area contributed by atoms with Gasteiger partial charge in [0.1, 0.15) is 17.9 Å². The lowest BCUT2D eigenvalue weighted by Crippen LogP contribution is -2.05. The zero-order valence-electron chi connectivity index (χ0n) is 25.4. The van der Waals surface area contributed by atoms with Gasteiger partial charge in [-0.15, -0.1) is 5.10 Å². The third kappa shape index (κ3) is 5.69. The number of imidazole rings is 1. The predicted octanol–water partition coefficient (Wildman–Crippen LogP) is 6.45. The van der Waals surface area contributed by atoms with Crippen LogP contribution in [-0.4, -0.2) is 52.4 Å². The van der Waals surface area contributed by atoms with Gasteiger partial charge in [-0.1, -0.05) is 12.1 Å². The molecule has 46 heavy (non-hydrogen) atoms. The highest BCUT2D eigenvalue weighted by atomic mass is 16.5. The monoisotopic (exact) mass is 607 g/mol. The van der Waals surface area contributed by atoms with Crippen LogP contribution in [0.25, 0.3) is 39.4 Å². The number of hydrogen-bond donors (Lipinski definition) is 1. The van der Waals surface area contributed by atoms with Crippen LogP contribution in [0.2, 0.25) is 0 Å². The molecule has 1 N–H and O–H groups in total. The normalized spacial score (nSPS) is 11.1. The Kier molecular flexibility index (Phi) is 7.47. The Bertz CT molecular complexity index is 2190. The molecule has 11 heteroatoms. The van der Waals surface area contributed by atoms with Gasteiger partial charge in [-0.25, -0.2) is 9.97 Å². The molecule has 0 aliphatic heterocycles. The van der Waals surface area contributed by atoms with Crippen LogP contribution in [0.4, 0.5) is 11.5 Å². The van der Waals surface area contributed by atoms with E-state index in [9.17, 15) is 4.79 Å². The van der Waals surface area contributed by atoms with Crippen LogP contribution in [0.15, 0.2) is 104 Å². The number of nitrogens with zero attached hydrogens (tertiary/aromatic N) is 8. The summed E-state index contributed by atoms with van der Waals surface area (Å²) in [6, 6.07) is 24.9. The third-order valence-electron chi connectivity index (χ3n) is 7.60. The number of carbonyl (C=O) groups excluding carboxylic acids is 1. The van der Waals surface area contributed by atoms with E-state index in [1.165, 1.54) is 0 Å². The molecule has 226 valence electrons. The fourth-order valence-electron chi connectivity index (χ4n) is 5.28. The highest BCUT2D eigenvalue weighted by Crippen LogP contribution is 2.33. The van der Waals surface area contributed by atoms with Crippen molar-refractivity contribution in [1.82, 2.24) is 39.5 Å². The SMILES string of the molecule is COc1ccc(Cn2cc(-c3ncccc3-c3nc(-n4cnc5cc(Nc6ccc(C)nn6)ccc54)ccc3C(C)=O)cn2)cc1. The molecule has 5 heterocycles. The van der Waals surface area contributed by atoms with Gasteiger partial charge >= 0.3 is 0 Å². The van der Waals surface area contributed by atoms with Gasteiger partial charge in [-0.3, -0.25) is 19.0 Å². The summed E-state index contributed by atoms with van der Waals surface area (Å²) >= 11 is 0. The number of aryl methyl sites for hydroxylation is 1. The lowest BCUT2D eigenvalue weighted by atomic mass is 9.99. The predicted molar refractivity (Wildman–Crippen MR) is 175 cm³/mol. The van der Waals surface area contributed by atoms with Gasteiger partial charge < -0.3 is 10.1 Å². The zero-order valence-corrected chi connectivity index (χ0v) is 25.4. The zero-order chi connectivity index (χ0) is 31.6. The van der Waals surface area contributed by atoms with Gasteiger partial charge in [0.2, 0.25) is 0 Å². The molecule has 0 spiro atoms. The minimum Gasteiger partial charge on any atom is -0.497 e. The number of nitrogens with one attached hydrogen (secondary N) is 1. The first-order chi connectivity index (χ1) is 22.4. The topological polar surface area (TPSA) is 126 Å². The van der Waals surface area contributed by atoms with Crippen molar-refractivity contribution >= 4 is 28.3 Å². The molecule has 0 unspecified atom stereocenters. The summed E-state index contributed by atoms with van der Waals surface area (Å²) in [6.07, 6.45) is 7.19. The first-order valence-electron chi connectivity index (χ1n) is 14.6. The second-order valence-corrected chi connectivity index (χ2v) is 10.8. The number of methoxy groups -OCH3 is 1. The quantitative estimate of drug-likeness (QED) is 0.184. The lowest BCUT2D eigenvalue weighted by molar-refractivity contribution is 0.101. The van der Waals surface area contributed by atoms with E-state index in [1.54, 1.807) is 32.8 Å². The number of fused-ring (bicyclic) bond motifs is 1. The standard InChI is InChI=1S/C35H29N9O2/c1-22-6-14-32(42-41-22)39-26-9-13-31-30(17-26)37-21-44(31)33-15-12-28(23(2)45)35(40-33)29-5-4-16-36-34(29)25-18-38-43(20-25)19-24-7-10-27(46-3)11-8-24/h4-18,20-21H,19H2,1-3H3,(H,39,42). The van der Waals surface area contributed by atoms with Crippen molar-refractivity contribution in [2.45, 2.75) is 20.4 Å². The summed E-state index contributed by atoms with van der Waals surface area (Å²) in [6.45, 7) is 4.02. The Hall–Kier alpha value is -6.23. The maximum atomic E-state index is 12.8. The van der Waals surface area contributed by atoms with E-state index in [4.69, 9.17) is 14.7 Å². The molecule has 0 atom stereocenters. The second kappa shape index (κ2) is 12.0. The van der Waals surface area contributed by atoms with Gasteiger partial charge in [0.15, 0.2) is 11.6 Å². The van der Waals surface area contributed by atoms with Crippen LogP contribution < -0.4 is 10.1 Å². The number of rotatable bonds is 9. The third-order valence-corrected chi connectivity index (χ3v) is 7.60. The molecule has 0 aliphatic carbocycles. The number of Topliss-reactive ketones (excluding diaryl/α,β-unsaturated/α-hetero) is 1. The molecule has 0 amide bonds. The molecule has 2 aromatic carbocycles. The maximum absolute atomic E-state index is 12.8. The molecule has 0 fully saturated rings. The van der Waals surface area contributed by atoms with Crippen LogP contribution >= 0.6 is 0 Å². The van der Waals surface area contributed by atoms with Crippen LogP contribution in [0.5, 0.6) is 5.75 Å². The van der Waals surface area contributed by atoms with Crippen molar-refractivity contribution in [3.05, 3.63) is 121 Å². The van der Waals surface area contributed by atoms with E-state index in [0.29, 0.717) is 35.1 Å². The van der Waals surface area contributed by atoms with Crippen molar-refractivity contribution in [3.8, 4) is 34.1 Å². The number of ketones is 1. The van der Waals surface area contributed by atoms with Crippen LogP contribution in [-0.2, 0) is 6.54 Å². The molecule has 0 saturated heterocycles. The van der Waals surface area contributed by atoms with E-state index < -0.39 is 0 Å². The van der Waals surface area contributed by atoms with Crippen molar-refractivity contribution < 1.29 is 9.53 Å². The van der Waals surface area contributed by atoms with Gasteiger partial charge in [0.25, 0.3) is 0 Å². The molecule has 7 rings (SSSR count). The molecular weight excluding hydrogens is 578 g/mol. The van der Waals surface area contributed by atoms with Crippen molar-refractivity contribution in [1.29, 1.82) is 0 Å². The van der Waals surface area contributed by atoms with Crippen molar-refractivity contribution in [3.63, 3.8) is 0 Å². The van der Waals surface area contributed by atoms with E-state index in [2.05, 4.69) is 25.6 Å². The van der Waals surface area contributed by atoms with Gasteiger partial charge in [-0.05, 0) is 86.1 Å². The highest BCUT2D eigenvalue weighted by molar-refractivity contribution is 6.01. The smallest absolute Gasteiger partial charge is 0.161 e. The summed E-state index contributed by atoms with van der Waals surface area (Å²) in [5.41, 5.74) is 7.67. The lowest BCUT2D eigenvalue weighted by Gasteiger charge is -2.13. The van der Waals surface area contributed by atoms with Gasteiger partial charge in [0.05, 0.1) is 48.0 Å². The molecule has 5 aromatic heterocycles. The Balaban J connectivity index is 1.23. The molecule has 7 aromatic rings. The van der Waals surface area contributed by atoms with Crippen molar-refractivity contribution in [2.24, 2.45) is 0 Å². The number of anilines is 2. The number of benzene rings is 2. The van der Waals surface area contributed by atoms with E-state index in [-0.39, 0.29) is 5.78 Å². The van der Waals surface area contributed by atoms with Crippen LogP contribution in [0.3, 0.4) is 0 Å². The Morgan fingerprint density at radius 3 is 2.59 bits per heavy atom. The highest BCUT2D eigenvalue weighted by Gasteiger charge is 2.19. The Morgan fingerprint density at radius 2 is 1.80 bits per heavy atom. The Morgan fingerprint density at radius 1 is 0.935 bits per heavy atom. The van der Waals surface area contributed by atoms with Gasteiger partial charge in [-0.2, -0.15) is 10.2 Å². The summed E-state index contributed by atoms with van der Waals surface area (Å²) in [4.78, 5) is 27.2. The van der Waals surface area contributed by atoms with E-state index in [0.717, 1.165) is 44.9 Å². The fraction of sp³-hybridized carbons (Fsp3) is 0.114. The molecule has 11 nitrogen and oxygen atoms in total. The average Bonchev–Trinajstić information content (AvgIpc) is 3.73. The minimum atomic E-state index is -0.0931. The van der Waals surface area contributed by atoms with E-state index in [1.807, 2.05) is 101 Å². The molecular formula is C35H29N9O2. The summed E-state index contributed by atoms with van der Waals surface area (Å²) in [5, 5.41) is 16.1. The average molecular weight is 608 g/mol. The number of aromatic nitrogens is 8. The first kappa shape index (κ1) is 28.5. The largest absolute Gasteiger partial charge is 0.497 e. The van der Waals surface area contributed by atoms with E-state index >= 15 is 0 Å². The number of carbonyl (C=O) groups is 1. The number of pyridine rings is 2. The second-order valence-electron chi connectivity index (χ2n) is 10.8. The number of hydrogen-bond acceptors (Lipinski definition) is 9. The molecule has 0 aliphatic rings. The maximum Gasteiger partial charge on any atom is 0.161 e. The molecule has 0 saturated carbocycles. The Labute approximate surface area is 264 Å². The summed E-state index contributed by atoms with van der Waals surface area (Å²) in [5.74, 6) is 1.98. The van der Waals surface area contributed by atoms with Crippen molar-refractivity contribution in [2.75, 3.05) is 12.4 Å². The summed E-state index contributed by atoms with van der Waals surface area (Å²) < 4.78 is 9.03.